The molecule has 168 valence electrons. The van der Waals surface area contributed by atoms with Gasteiger partial charge in [0.1, 0.15) is 22.1 Å². The summed E-state index contributed by atoms with van der Waals surface area (Å²) in [6.07, 6.45) is 1.25. The van der Waals surface area contributed by atoms with Crippen LogP contribution in [0.15, 0.2) is 59.6 Å². The second-order valence-corrected chi connectivity index (χ2v) is 7.42. The Labute approximate surface area is 186 Å². The number of aromatic nitrogens is 2. The summed E-state index contributed by atoms with van der Waals surface area (Å²) in [7, 11) is 0. The first kappa shape index (κ1) is 23.3. The highest BCUT2D eigenvalue weighted by Crippen LogP contribution is 2.24. The maximum Gasteiger partial charge on any atom is 0.343 e. The van der Waals surface area contributed by atoms with Crippen LogP contribution in [0.3, 0.4) is 0 Å². The van der Waals surface area contributed by atoms with E-state index in [2.05, 4.69) is 20.6 Å². The Morgan fingerprint density at radius 2 is 2.00 bits per heavy atom. The first-order valence-electron chi connectivity index (χ1n) is 9.56. The van der Waals surface area contributed by atoms with Crippen molar-refractivity contribution in [2.75, 3.05) is 23.8 Å². The molecule has 0 fully saturated rings. The number of halogens is 1. The molecule has 4 N–H and O–H groups in total. The second kappa shape index (κ2) is 10.8. The zero-order valence-electron chi connectivity index (χ0n) is 17.0. The summed E-state index contributed by atoms with van der Waals surface area (Å²) in [6, 6.07) is 12.1. The average molecular weight is 460 g/mol. The maximum absolute atomic E-state index is 14.0. The standard InChI is InChI=1S/C21H21FN4O5S/c1-2-31-20(28)15-11-23-21(24-14-8-9-18(32(29)30)16(22)10-14)26-19(15)25-17(12-27)13-6-4-3-5-7-13/h3-11,17,27H,2,12H2,1H3,(H,29,30)(H2,23,24,25,26)/t17-/m1/s1. The van der Waals surface area contributed by atoms with Crippen LogP contribution < -0.4 is 10.6 Å². The van der Waals surface area contributed by atoms with Crippen molar-refractivity contribution >= 4 is 34.5 Å². The van der Waals surface area contributed by atoms with E-state index >= 15 is 0 Å². The number of benzene rings is 2. The van der Waals surface area contributed by atoms with Crippen molar-refractivity contribution in [3.63, 3.8) is 0 Å². The number of esters is 1. The topological polar surface area (TPSA) is 134 Å². The number of ether oxygens (including phenoxy) is 1. The summed E-state index contributed by atoms with van der Waals surface area (Å²) in [5, 5.41) is 15.7. The Balaban J connectivity index is 1.93. The van der Waals surface area contributed by atoms with Gasteiger partial charge in [-0.15, -0.1) is 0 Å². The molecule has 3 aromatic rings. The molecule has 0 aliphatic rings. The van der Waals surface area contributed by atoms with E-state index in [1.165, 1.54) is 12.3 Å². The molecule has 0 saturated heterocycles. The third-order valence-corrected chi connectivity index (χ3v) is 5.06. The van der Waals surface area contributed by atoms with Gasteiger partial charge >= 0.3 is 5.97 Å². The Bertz CT molecular complexity index is 1120. The van der Waals surface area contributed by atoms with Crippen molar-refractivity contribution in [3.05, 3.63) is 71.7 Å². The van der Waals surface area contributed by atoms with Gasteiger partial charge in [0.2, 0.25) is 5.95 Å². The van der Waals surface area contributed by atoms with Gasteiger partial charge in [-0.25, -0.2) is 18.4 Å². The van der Waals surface area contributed by atoms with Crippen molar-refractivity contribution in [1.29, 1.82) is 0 Å². The number of aliphatic hydroxyl groups excluding tert-OH is 1. The first-order chi connectivity index (χ1) is 15.4. The lowest BCUT2D eigenvalue weighted by molar-refractivity contribution is 0.0526. The fraction of sp³-hybridized carbons (Fsp3) is 0.190. The third kappa shape index (κ3) is 5.63. The van der Waals surface area contributed by atoms with Gasteiger partial charge in [-0.2, -0.15) is 4.98 Å². The van der Waals surface area contributed by atoms with Crippen LogP contribution in [0.5, 0.6) is 0 Å². The van der Waals surface area contributed by atoms with E-state index in [1.54, 1.807) is 6.92 Å². The SMILES string of the molecule is CCOC(=O)c1cnc(Nc2ccc(S(=O)O)c(F)c2)nc1N[C@H](CO)c1ccccc1. The number of hydrogen-bond donors (Lipinski definition) is 4. The van der Waals surface area contributed by atoms with E-state index in [-0.39, 0.29) is 41.1 Å². The first-order valence-corrected chi connectivity index (χ1v) is 10.7. The number of hydrogen-bond acceptors (Lipinski definition) is 8. The van der Waals surface area contributed by atoms with Gasteiger partial charge < -0.3 is 25.0 Å². The van der Waals surface area contributed by atoms with Gasteiger partial charge in [-0.05, 0) is 30.7 Å². The van der Waals surface area contributed by atoms with Gasteiger partial charge in [0.05, 0.1) is 19.3 Å². The van der Waals surface area contributed by atoms with Gasteiger partial charge in [0, 0.05) is 11.9 Å². The molecule has 2 atom stereocenters. The van der Waals surface area contributed by atoms with Crippen LogP contribution in [0.25, 0.3) is 0 Å². The van der Waals surface area contributed by atoms with E-state index in [9.17, 15) is 18.5 Å². The van der Waals surface area contributed by atoms with Gasteiger partial charge in [0.15, 0.2) is 11.1 Å². The molecule has 3 rings (SSSR count). The lowest BCUT2D eigenvalue weighted by atomic mass is 10.1. The van der Waals surface area contributed by atoms with Gasteiger partial charge in [-0.1, -0.05) is 30.3 Å². The van der Waals surface area contributed by atoms with Gasteiger partial charge in [0.25, 0.3) is 0 Å². The molecular formula is C21H21FN4O5S. The molecule has 11 heteroatoms. The molecule has 9 nitrogen and oxygen atoms in total. The number of carbonyl (C=O) groups is 1. The summed E-state index contributed by atoms with van der Waals surface area (Å²) in [6.45, 7) is 1.54. The second-order valence-electron chi connectivity index (χ2n) is 6.49. The molecule has 0 aliphatic carbocycles. The number of rotatable bonds is 9. The van der Waals surface area contributed by atoms with Crippen LogP contribution in [0, 0.1) is 5.82 Å². The van der Waals surface area contributed by atoms with Crippen molar-refractivity contribution in [1.82, 2.24) is 9.97 Å². The number of carbonyl (C=O) groups excluding carboxylic acids is 1. The lowest BCUT2D eigenvalue weighted by Crippen LogP contribution is -2.19. The van der Waals surface area contributed by atoms with E-state index < -0.39 is 28.9 Å². The highest BCUT2D eigenvalue weighted by atomic mass is 32.2. The van der Waals surface area contributed by atoms with E-state index in [4.69, 9.17) is 9.29 Å². The Kier molecular flexibility index (Phi) is 7.82. The van der Waals surface area contributed by atoms with Gasteiger partial charge in [-0.3, -0.25) is 0 Å². The summed E-state index contributed by atoms with van der Waals surface area (Å²) in [5.74, 6) is -1.38. The minimum absolute atomic E-state index is 0.0302. The minimum Gasteiger partial charge on any atom is -0.462 e. The van der Waals surface area contributed by atoms with E-state index in [0.717, 1.165) is 17.7 Å². The third-order valence-electron chi connectivity index (χ3n) is 4.36. The molecule has 0 aliphatic heterocycles. The Morgan fingerprint density at radius 3 is 2.62 bits per heavy atom. The zero-order valence-corrected chi connectivity index (χ0v) is 17.8. The Hall–Kier alpha value is -3.41. The normalized spacial score (nSPS) is 12.6. The predicted octanol–water partition coefficient (Wildman–Crippen LogP) is 3.26. The molecule has 0 bridgehead atoms. The van der Waals surface area contributed by atoms with Crippen molar-refractivity contribution in [2.24, 2.45) is 0 Å². The minimum atomic E-state index is -2.45. The van der Waals surface area contributed by atoms with Crippen LogP contribution >= 0.6 is 0 Å². The largest absolute Gasteiger partial charge is 0.462 e. The molecule has 0 saturated carbocycles. The quantitative estimate of drug-likeness (QED) is 0.280. The summed E-state index contributed by atoms with van der Waals surface area (Å²) in [4.78, 5) is 20.4. The smallest absolute Gasteiger partial charge is 0.343 e. The Morgan fingerprint density at radius 1 is 1.25 bits per heavy atom. The fourth-order valence-electron chi connectivity index (χ4n) is 2.84. The monoisotopic (exact) mass is 460 g/mol. The molecule has 32 heavy (non-hydrogen) atoms. The number of anilines is 3. The van der Waals surface area contributed by atoms with Crippen LogP contribution in [-0.4, -0.2) is 43.0 Å². The molecule has 2 aromatic carbocycles. The predicted molar refractivity (Wildman–Crippen MR) is 117 cm³/mol. The van der Waals surface area contributed by atoms with Crippen molar-refractivity contribution in [2.45, 2.75) is 17.9 Å². The number of nitrogens with zero attached hydrogens (tertiary/aromatic N) is 2. The van der Waals surface area contributed by atoms with Crippen LogP contribution in [0.2, 0.25) is 0 Å². The van der Waals surface area contributed by atoms with Crippen molar-refractivity contribution < 1.29 is 27.8 Å². The van der Waals surface area contributed by atoms with E-state index in [1.807, 2.05) is 30.3 Å². The van der Waals surface area contributed by atoms with Crippen LogP contribution in [-0.2, 0) is 15.8 Å². The molecule has 0 amide bonds. The maximum atomic E-state index is 14.0. The molecule has 1 unspecified atom stereocenters. The van der Waals surface area contributed by atoms with Crippen LogP contribution in [0.1, 0.15) is 28.9 Å². The highest BCUT2D eigenvalue weighted by Gasteiger charge is 2.20. The number of nitrogens with one attached hydrogen (secondary N) is 2. The molecule has 1 heterocycles. The molecule has 0 radical (unpaired) electrons. The van der Waals surface area contributed by atoms with Crippen LogP contribution in [0.4, 0.5) is 21.8 Å². The summed E-state index contributed by atoms with van der Waals surface area (Å²) < 4.78 is 39.2. The number of aliphatic hydroxyl groups is 1. The summed E-state index contributed by atoms with van der Waals surface area (Å²) in [5.41, 5.74) is 1.06. The average Bonchev–Trinajstić information content (AvgIpc) is 2.78. The molecule has 0 spiro atoms. The molecular weight excluding hydrogens is 439 g/mol. The fourth-order valence-corrected chi connectivity index (χ4v) is 3.25. The van der Waals surface area contributed by atoms with E-state index in [0.29, 0.717) is 0 Å². The van der Waals surface area contributed by atoms with Crippen molar-refractivity contribution in [3.8, 4) is 0 Å². The lowest BCUT2D eigenvalue weighted by Gasteiger charge is -2.19. The highest BCUT2D eigenvalue weighted by molar-refractivity contribution is 7.79. The molecule has 1 aromatic heterocycles. The zero-order chi connectivity index (χ0) is 23.1. The summed E-state index contributed by atoms with van der Waals surface area (Å²) >= 11 is -2.45.